The van der Waals surface area contributed by atoms with E-state index in [-0.39, 0.29) is 12.5 Å². The summed E-state index contributed by atoms with van der Waals surface area (Å²) >= 11 is 0. The van der Waals surface area contributed by atoms with Crippen molar-refractivity contribution < 1.29 is 23.9 Å². The van der Waals surface area contributed by atoms with E-state index in [0.717, 1.165) is 5.56 Å². The first-order valence-electron chi connectivity index (χ1n) is 12.1. The zero-order valence-corrected chi connectivity index (χ0v) is 19.5. The minimum absolute atomic E-state index is 0.00773. The van der Waals surface area contributed by atoms with E-state index in [9.17, 15) is 23.9 Å². The number of hydrogen-bond donors (Lipinski definition) is 1. The second kappa shape index (κ2) is 8.10. The highest BCUT2D eigenvalue weighted by molar-refractivity contribution is 6.11. The lowest BCUT2D eigenvalue weighted by Crippen LogP contribution is -2.85. The molecule has 0 radical (unpaired) electrons. The average Bonchev–Trinajstić information content (AvgIpc) is 3.36. The lowest BCUT2D eigenvalue weighted by Gasteiger charge is -2.64. The van der Waals surface area contributed by atoms with Gasteiger partial charge in [-0.05, 0) is 36.1 Å². The normalized spacial score (nSPS) is 28.9. The van der Waals surface area contributed by atoms with Crippen LogP contribution in [0.25, 0.3) is 0 Å². The Morgan fingerprint density at radius 3 is 2.22 bits per heavy atom. The van der Waals surface area contributed by atoms with Crippen LogP contribution in [0.5, 0.6) is 0 Å². The van der Waals surface area contributed by atoms with Crippen molar-refractivity contribution in [2.45, 2.75) is 36.6 Å². The van der Waals surface area contributed by atoms with Crippen LogP contribution in [0.1, 0.15) is 40.2 Å². The van der Waals surface area contributed by atoms with E-state index < -0.39 is 40.6 Å². The molecular formula is C29H25FN2O4. The van der Waals surface area contributed by atoms with Gasteiger partial charge in [-0.3, -0.25) is 19.3 Å². The van der Waals surface area contributed by atoms with E-state index in [4.69, 9.17) is 0 Å². The number of carbonyl (C=O) groups is 3. The molecule has 4 aliphatic rings. The highest BCUT2D eigenvalue weighted by Gasteiger charge is 2.78. The number of halogens is 1. The lowest BCUT2D eigenvalue weighted by molar-refractivity contribution is -0.239. The van der Waals surface area contributed by atoms with Gasteiger partial charge in [0.05, 0.1) is 5.92 Å². The molecule has 7 rings (SSSR count). The van der Waals surface area contributed by atoms with Crippen molar-refractivity contribution >= 4 is 17.6 Å². The predicted molar refractivity (Wildman–Crippen MR) is 129 cm³/mol. The molecule has 4 atom stereocenters. The minimum atomic E-state index is -2.38. The number of carbonyl (C=O) groups excluding carboxylic acids is 3. The molecule has 182 valence electrons. The molecule has 1 N–H and O–H groups in total. The molecule has 2 bridgehead atoms. The van der Waals surface area contributed by atoms with Gasteiger partial charge in [0, 0.05) is 24.6 Å². The fourth-order valence-electron chi connectivity index (χ4n) is 6.53. The van der Waals surface area contributed by atoms with E-state index in [1.807, 2.05) is 30.3 Å². The summed E-state index contributed by atoms with van der Waals surface area (Å²) in [5.74, 6) is -3.94. The van der Waals surface area contributed by atoms with Crippen molar-refractivity contribution in [3.8, 4) is 0 Å². The molecule has 6 nitrogen and oxygen atoms in total. The van der Waals surface area contributed by atoms with Crippen molar-refractivity contribution in [1.29, 1.82) is 0 Å². The van der Waals surface area contributed by atoms with Crippen LogP contribution in [-0.2, 0) is 16.1 Å². The van der Waals surface area contributed by atoms with E-state index in [1.54, 1.807) is 42.5 Å². The van der Waals surface area contributed by atoms with E-state index >= 15 is 0 Å². The molecule has 4 fully saturated rings. The van der Waals surface area contributed by atoms with Gasteiger partial charge in [0.15, 0.2) is 5.78 Å². The Hall–Kier alpha value is -3.84. The Kier molecular flexibility index (Phi) is 5.09. The molecule has 0 aliphatic carbocycles. The second-order valence-corrected chi connectivity index (χ2v) is 9.82. The van der Waals surface area contributed by atoms with Crippen LogP contribution in [0.3, 0.4) is 0 Å². The Labute approximate surface area is 208 Å². The molecule has 4 aliphatic heterocycles. The van der Waals surface area contributed by atoms with Crippen molar-refractivity contribution in [2.24, 2.45) is 5.92 Å². The highest BCUT2D eigenvalue weighted by Crippen LogP contribution is 2.60. The molecule has 1 spiro atoms. The second-order valence-electron chi connectivity index (χ2n) is 9.82. The molecule has 3 aromatic carbocycles. The summed E-state index contributed by atoms with van der Waals surface area (Å²) in [5.41, 5.74) is -2.08. The standard InChI is InChI=1S/C29H25FN2O4/c30-22-14-12-20(13-15-22)23-24(25(33)21-10-5-2-6-11-21)29(36)27(35)31-17-7-16-28(23,31)26(34)32(29)18-19-8-3-1-4-9-19/h1-6,8-15,23-24,36H,7,16-18H2/t23-,24-,28-,29+/m0/s1. The molecule has 36 heavy (non-hydrogen) atoms. The van der Waals surface area contributed by atoms with E-state index in [0.29, 0.717) is 30.5 Å². The fraction of sp³-hybridized carbons (Fsp3) is 0.276. The van der Waals surface area contributed by atoms with Crippen LogP contribution in [0.4, 0.5) is 4.39 Å². The van der Waals surface area contributed by atoms with E-state index in [2.05, 4.69) is 0 Å². The third-order valence-electron chi connectivity index (χ3n) is 8.04. The number of aliphatic hydroxyl groups is 1. The minimum Gasteiger partial charge on any atom is -0.362 e. The van der Waals surface area contributed by atoms with Crippen molar-refractivity contribution in [2.75, 3.05) is 6.54 Å². The van der Waals surface area contributed by atoms with Crippen molar-refractivity contribution in [1.82, 2.24) is 9.80 Å². The number of ketones is 1. The van der Waals surface area contributed by atoms with Crippen molar-refractivity contribution in [3.63, 3.8) is 0 Å². The van der Waals surface area contributed by atoms with Crippen LogP contribution >= 0.6 is 0 Å². The van der Waals surface area contributed by atoms with Crippen LogP contribution < -0.4 is 0 Å². The molecule has 0 aromatic heterocycles. The predicted octanol–water partition coefficient (Wildman–Crippen LogP) is 3.51. The number of piperidine rings is 2. The lowest BCUT2D eigenvalue weighted by atomic mass is 9.57. The summed E-state index contributed by atoms with van der Waals surface area (Å²) in [5, 5.41) is 12.3. The largest absolute Gasteiger partial charge is 0.362 e. The first-order chi connectivity index (χ1) is 17.4. The summed E-state index contributed by atoms with van der Waals surface area (Å²) in [6, 6.07) is 23.3. The number of fused-ring (bicyclic) bond motifs is 2. The summed E-state index contributed by atoms with van der Waals surface area (Å²) < 4.78 is 13.9. The summed E-state index contributed by atoms with van der Waals surface area (Å²) in [6.07, 6.45) is 0.927. The Morgan fingerprint density at radius 1 is 0.917 bits per heavy atom. The molecule has 0 saturated carbocycles. The third-order valence-corrected chi connectivity index (χ3v) is 8.04. The fourth-order valence-corrected chi connectivity index (χ4v) is 6.53. The van der Waals surface area contributed by atoms with Gasteiger partial charge in [-0.15, -0.1) is 0 Å². The zero-order valence-electron chi connectivity index (χ0n) is 19.5. The summed E-state index contributed by atoms with van der Waals surface area (Å²) in [7, 11) is 0. The van der Waals surface area contributed by atoms with Gasteiger partial charge in [0.25, 0.3) is 11.8 Å². The Bertz CT molecular complexity index is 1350. The quantitative estimate of drug-likeness (QED) is 0.563. The maximum absolute atomic E-state index is 14.3. The van der Waals surface area contributed by atoms with Crippen LogP contribution in [-0.4, -0.2) is 50.3 Å². The number of amides is 2. The molecule has 7 heteroatoms. The maximum Gasteiger partial charge on any atom is 0.277 e. The molecule has 2 amide bonds. The van der Waals surface area contributed by atoms with Gasteiger partial charge in [-0.2, -0.15) is 0 Å². The smallest absolute Gasteiger partial charge is 0.277 e. The number of Topliss-reactive ketones (excluding diaryl/α,β-unsaturated/α-hetero) is 1. The van der Waals surface area contributed by atoms with Gasteiger partial charge in [0.2, 0.25) is 5.72 Å². The zero-order chi connectivity index (χ0) is 25.1. The summed E-state index contributed by atoms with van der Waals surface area (Å²) in [4.78, 5) is 45.1. The third kappa shape index (κ3) is 2.95. The Balaban J connectivity index is 1.59. The number of nitrogens with zero attached hydrogens (tertiary/aromatic N) is 2. The van der Waals surface area contributed by atoms with Crippen LogP contribution in [0.2, 0.25) is 0 Å². The number of rotatable bonds is 5. The van der Waals surface area contributed by atoms with Gasteiger partial charge in [-0.1, -0.05) is 72.8 Å². The van der Waals surface area contributed by atoms with Crippen LogP contribution in [0.15, 0.2) is 84.9 Å². The Morgan fingerprint density at radius 2 is 1.56 bits per heavy atom. The number of hydrogen-bond acceptors (Lipinski definition) is 4. The first kappa shape index (κ1) is 22.6. The van der Waals surface area contributed by atoms with Gasteiger partial charge in [-0.25, -0.2) is 4.39 Å². The monoisotopic (exact) mass is 484 g/mol. The molecular weight excluding hydrogens is 459 g/mol. The van der Waals surface area contributed by atoms with Gasteiger partial charge >= 0.3 is 0 Å². The van der Waals surface area contributed by atoms with Gasteiger partial charge in [0.1, 0.15) is 11.4 Å². The highest BCUT2D eigenvalue weighted by atomic mass is 19.1. The molecule has 4 heterocycles. The molecule has 0 unspecified atom stereocenters. The first-order valence-corrected chi connectivity index (χ1v) is 12.1. The van der Waals surface area contributed by atoms with E-state index in [1.165, 1.54) is 21.9 Å². The average molecular weight is 485 g/mol. The SMILES string of the molecule is O=C(c1ccccc1)[C@@H]1[C@H](c2ccc(F)cc2)[C@]23CCCN2C(=O)[C@@]1(O)N(Cc1ccccc1)C3=O. The topological polar surface area (TPSA) is 77.9 Å². The van der Waals surface area contributed by atoms with Crippen molar-refractivity contribution in [3.05, 3.63) is 107 Å². The summed E-state index contributed by atoms with van der Waals surface area (Å²) in [6.45, 7) is 0.308. The van der Waals surface area contributed by atoms with Crippen LogP contribution in [0, 0.1) is 11.7 Å². The van der Waals surface area contributed by atoms with Gasteiger partial charge < -0.3 is 10.0 Å². The molecule has 3 aromatic rings. The number of piperazine rings is 1. The maximum atomic E-state index is 14.3. The molecule has 4 saturated heterocycles. The number of benzene rings is 3.